The molecule has 238 valence electrons. The molecule has 11 rings (SSSR count). The van der Waals surface area contributed by atoms with Crippen LogP contribution in [-0.2, 0) is 10.8 Å². The molecule has 0 saturated heterocycles. The minimum Gasteiger partial charge on any atom is -0.507 e. The van der Waals surface area contributed by atoms with Crippen molar-refractivity contribution < 1.29 is 5.11 Å². The second-order valence-electron chi connectivity index (χ2n) is 14.1. The second-order valence-corrected chi connectivity index (χ2v) is 14.1. The number of hydrogen-bond acceptors (Lipinski definition) is 1. The van der Waals surface area contributed by atoms with Gasteiger partial charge in [0.05, 0.1) is 10.8 Å². The molecule has 1 unspecified atom stereocenters. The molecule has 1 heteroatoms. The van der Waals surface area contributed by atoms with Gasteiger partial charge in [0.15, 0.2) is 0 Å². The van der Waals surface area contributed by atoms with E-state index < -0.39 is 10.8 Å². The van der Waals surface area contributed by atoms with Gasteiger partial charge in [-0.2, -0.15) is 0 Å². The van der Waals surface area contributed by atoms with Gasteiger partial charge in [-0.3, -0.25) is 0 Å². The monoisotopic (exact) mass is 648 g/mol. The Morgan fingerprint density at radius 2 is 0.686 bits per heavy atom. The third-order valence-electron chi connectivity index (χ3n) is 11.9. The standard InChI is InChI=1S/C50H32O/c51-47-25-13-24-44-48(47)38-20-9-12-23-41(38)50(44)43-29-27-34(32-14-3-1-4-15-32)30-45(43)49(39-21-10-7-18-36(39)37-19-8-11-22-40(37)49)42-28-26-35(31-46(42)50)33-16-5-2-6-17-33/h1-31,51H. The van der Waals surface area contributed by atoms with Crippen LogP contribution in [0, 0.1) is 0 Å². The van der Waals surface area contributed by atoms with Gasteiger partial charge in [-0.05, 0) is 102 Å². The van der Waals surface area contributed by atoms with E-state index in [2.05, 4.69) is 176 Å². The highest BCUT2D eigenvalue weighted by molar-refractivity contribution is 5.96. The van der Waals surface area contributed by atoms with Crippen LogP contribution in [0.3, 0.4) is 0 Å². The molecule has 0 amide bonds. The predicted octanol–water partition coefficient (Wildman–Crippen LogP) is 11.8. The van der Waals surface area contributed by atoms with Crippen molar-refractivity contribution in [3.8, 4) is 50.3 Å². The Bertz CT molecular complexity index is 2660. The molecule has 0 heterocycles. The van der Waals surface area contributed by atoms with Crippen LogP contribution in [0.5, 0.6) is 5.75 Å². The number of hydrogen-bond donors (Lipinski definition) is 1. The summed E-state index contributed by atoms with van der Waals surface area (Å²) < 4.78 is 0. The van der Waals surface area contributed by atoms with Crippen LogP contribution in [0.15, 0.2) is 188 Å². The Labute approximate surface area is 297 Å². The minimum absolute atomic E-state index is 0.317. The maximum atomic E-state index is 11.7. The molecule has 1 nitrogen and oxygen atoms in total. The highest BCUT2D eigenvalue weighted by Crippen LogP contribution is 2.68. The first-order chi connectivity index (χ1) is 25.2. The van der Waals surface area contributed by atoms with Crippen molar-refractivity contribution in [2.24, 2.45) is 0 Å². The second kappa shape index (κ2) is 10.3. The van der Waals surface area contributed by atoms with Crippen LogP contribution in [0.25, 0.3) is 44.5 Å². The number of fused-ring (bicyclic) bond motifs is 16. The molecule has 0 saturated carbocycles. The fraction of sp³-hybridized carbons (Fsp3) is 0.0400. The van der Waals surface area contributed by atoms with E-state index in [9.17, 15) is 5.11 Å². The first-order valence-electron chi connectivity index (χ1n) is 17.7. The third kappa shape index (κ3) is 3.50. The molecule has 51 heavy (non-hydrogen) atoms. The Morgan fingerprint density at radius 3 is 1.22 bits per heavy atom. The summed E-state index contributed by atoms with van der Waals surface area (Å²) in [5.41, 5.74) is 18.1. The molecule has 8 aromatic carbocycles. The summed E-state index contributed by atoms with van der Waals surface area (Å²) in [4.78, 5) is 0. The van der Waals surface area contributed by atoms with Crippen LogP contribution in [0.1, 0.15) is 44.5 Å². The van der Waals surface area contributed by atoms with E-state index in [1.54, 1.807) is 0 Å². The lowest BCUT2D eigenvalue weighted by atomic mass is 9.52. The average Bonchev–Trinajstić information content (AvgIpc) is 3.67. The molecule has 0 aliphatic heterocycles. The van der Waals surface area contributed by atoms with Crippen LogP contribution >= 0.6 is 0 Å². The Balaban J connectivity index is 1.38. The highest BCUT2D eigenvalue weighted by Gasteiger charge is 2.59. The van der Waals surface area contributed by atoms with Gasteiger partial charge in [0.1, 0.15) is 5.75 Å². The summed E-state index contributed by atoms with van der Waals surface area (Å²) >= 11 is 0. The molecule has 0 radical (unpaired) electrons. The SMILES string of the molecule is Oc1cccc2c1-c1ccccc1C21c2ccc(-c3ccccc3)cc2C2(c3ccccc3-c3ccccc32)c2ccc(-c3ccccc3)cc21. The lowest BCUT2D eigenvalue weighted by Gasteiger charge is -2.49. The van der Waals surface area contributed by atoms with Gasteiger partial charge in [-0.25, -0.2) is 0 Å². The summed E-state index contributed by atoms with van der Waals surface area (Å²) in [6.45, 7) is 0. The van der Waals surface area contributed by atoms with Crippen molar-refractivity contribution in [3.63, 3.8) is 0 Å². The quantitative estimate of drug-likeness (QED) is 0.198. The van der Waals surface area contributed by atoms with Gasteiger partial charge in [0, 0.05) is 5.56 Å². The molecular weight excluding hydrogens is 617 g/mol. The first-order valence-corrected chi connectivity index (χ1v) is 17.7. The highest BCUT2D eigenvalue weighted by atomic mass is 16.3. The van der Waals surface area contributed by atoms with E-state index in [-0.39, 0.29) is 0 Å². The van der Waals surface area contributed by atoms with Crippen LogP contribution in [0.4, 0.5) is 0 Å². The zero-order chi connectivity index (χ0) is 33.7. The molecule has 0 fully saturated rings. The van der Waals surface area contributed by atoms with Crippen LogP contribution < -0.4 is 0 Å². The normalized spacial score (nSPS) is 16.5. The number of phenolic OH excluding ortho intramolecular Hbond substituents is 1. The van der Waals surface area contributed by atoms with E-state index in [0.29, 0.717) is 5.75 Å². The molecule has 1 atom stereocenters. The van der Waals surface area contributed by atoms with E-state index >= 15 is 0 Å². The zero-order valence-corrected chi connectivity index (χ0v) is 27.8. The van der Waals surface area contributed by atoms with E-state index in [0.717, 1.165) is 16.7 Å². The van der Waals surface area contributed by atoms with Crippen molar-refractivity contribution in [1.82, 2.24) is 0 Å². The predicted molar refractivity (Wildman–Crippen MR) is 207 cm³/mol. The number of benzene rings is 8. The molecular formula is C50H32O. The first kappa shape index (κ1) is 28.4. The smallest absolute Gasteiger partial charge is 0.123 e. The van der Waals surface area contributed by atoms with Gasteiger partial charge in [-0.1, -0.05) is 170 Å². The number of phenols is 1. The summed E-state index contributed by atoms with van der Waals surface area (Å²) in [6.07, 6.45) is 0. The van der Waals surface area contributed by atoms with Gasteiger partial charge in [0.25, 0.3) is 0 Å². The van der Waals surface area contributed by atoms with Crippen molar-refractivity contribution in [2.45, 2.75) is 10.8 Å². The van der Waals surface area contributed by atoms with Gasteiger partial charge >= 0.3 is 0 Å². The van der Waals surface area contributed by atoms with Crippen molar-refractivity contribution in [2.75, 3.05) is 0 Å². The molecule has 0 aromatic heterocycles. The molecule has 8 aromatic rings. The molecule has 3 aliphatic carbocycles. The largest absolute Gasteiger partial charge is 0.507 e. The maximum Gasteiger partial charge on any atom is 0.123 e. The summed E-state index contributed by atoms with van der Waals surface area (Å²) in [5.74, 6) is 0.317. The van der Waals surface area contributed by atoms with Crippen molar-refractivity contribution >= 4 is 0 Å². The molecule has 2 spiro atoms. The van der Waals surface area contributed by atoms with E-state index in [1.165, 1.54) is 72.3 Å². The Morgan fingerprint density at radius 1 is 0.275 bits per heavy atom. The van der Waals surface area contributed by atoms with Crippen LogP contribution in [-0.4, -0.2) is 5.11 Å². The van der Waals surface area contributed by atoms with Gasteiger partial charge in [0.2, 0.25) is 0 Å². The van der Waals surface area contributed by atoms with E-state index in [1.807, 2.05) is 12.1 Å². The molecule has 3 aliphatic rings. The average molecular weight is 649 g/mol. The van der Waals surface area contributed by atoms with Crippen molar-refractivity contribution in [3.05, 3.63) is 233 Å². The third-order valence-corrected chi connectivity index (χ3v) is 11.9. The topological polar surface area (TPSA) is 20.2 Å². The summed E-state index contributed by atoms with van der Waals surface area (Å²) in [5, 5.41) is 11.7. The molecule has 0 bridgehead atoms. The molecule has 1 N–H and O–H groups in total. The summed E-state index contributed by atoms with van der Waals surface area (Å²) in [6, 6.07) is 68.7. The minimum atomic E-state index is -0.674. The van der Waals surface area contributed by atoms with Gasteiger partial charge < -0.3 is 5.11 Å². The fourth-order valence-corrected chi connectivity index (χ4v) is 9.98. The van der Waals surface area contributed by atoms with Crippen molar-refractivity contribution in [1.29, 1.82) is 0 Å². The number of aromatic hydroxyl groups is 1. The van der Waals surface area contributed by atoms with Gasteiger partial charge in [-0.15, -0.1) is 0 Å². The van der Waals surface area contributed by atoms with E-state index in [4.69, 9.17) is 0 Å². The zero-order valence-electron chi connectivity index (χ0n) is 27.8. The Hall–Kier alpha value is -6.44. The van der Waals surface area contributed by atoms with Crippen LogP contribution in [0.2, 0.25) is 0 Å². The maximum absolute atomic E-state index is 11.7. The lowest BCUT2D eigenvalue weighted by molar-refractivity contribution is 0.476. The fourth-order valence-electron chi connectivity index (χ4n) is 9.98. The summed E-state index contributed by atoms with van der Waals surface area (Å²) in [7, 11) is 0. The number of rotatable bonds is 2. The lowest BCUT2D eigenvalue weighted by Crippen LogP contribution is -2.43. The Kier molecular flexibility index (Phi) is 5.73.